The van der Waals surface area contributed by atoms with E-state index in [-0.39, 0.29) is 12.2 Å². The number of aliphatic hydroxyl groups excluding tert-OH is 2. The first kappa shape index (κ1) is 23.8. The molecule has 4 fully saturated rings. The second kappa shape index (κ2) is 8.76. The monoisotopic (exact) mass is 477 g/mol. The van der Waals surface area contributed by atoms with Gasteiger partial charge in [0.1, 0.15) is 5.82 Å². The minimum absolute atomic E-state index is 0.162. The second-order valence-corrected chi connectivity index (χ2v) is 13.2. The maximum Gasteiger partial charge on any atom is 0.162 e. The SMILES string of the molecule is C[C@H](CCc1ncc2cccnc2n1)[C@H]1CC[C@H]2[C@H]3C(CC[C@]12C)[C@@]1(C)CC[C@@H](O)C[C@H]1C[C@H]3O. The van der Waals surface area contributed by atoms with Gasteiger partial charge in [0.25, 0.3) is 0 Å². The lowest BCUT2D eigenvalue weighted by molar-refractivity contribution is -0.174. The summed E-state index contributed by atoms with van der Waals surface area (Å²) < 4.78 is 0. The Morgan fingerprint density at radius 2 is 1.80 bits per heavy atom. The van der Waals surface area contributed by atoms with Crippen molar-refractivity contribution >= 4 is 11.0 Å². The lowest BCUT2D eigenvalue weighted by atomic mass is 9.43. The van der Waals surface area contributed by atoms with Gasteiger partial charge in [0, 0.05) is 24.2 Å². The molecule has 0 aliphatic heterocycles. The van der Waals surface area contributed by atoms with Gasteiger partial charge < -0.3 is 10.2 Å². The van der Waals surface area contributed by atoms with Crippen LogP contribution in [0.15, 0.2) is 24.5 Å². The van der Waals surface area contributed by atoms with Gasteiger partial charge in [-0.3, -0.25) is 0 Å². The molecule has 5 nitrogen and oxygen atoms in total. The van der Waals surface area contributed by atoms with Crippen molar-refractivity contribution in [2.24, 2.45) is 46.3 Å². The Kier molecular flexibility index (Phi) is 5.95. The van der Waals surface area contributed by atoms with Crippen molar-refractivity contribution in [3.05, 3.63) is 30.4 Å². The number of fused-ring (bicyclic) bond motifs is 6. The summed E-state index contributed by atoms with van der Waals surface area (Å²) in [6, 6.07) is 3.95. The molecule has 35 heavy (non-hydrogen) atoms. The zero-order valence-electron chi connectivity index (χ0n) is 21.7. The van der Waals surface area contributed by atoms with Gasteiger partial charge >= 0.3 is 0 Å². The molecule has 2 heterocycles. The number of rotatable bonds is 4. The first-order valence-corrected chi connectivity index (χ1v) is 14.2. The van der Waals surface area contributed by atoms with Crippen LogP contribution in [-0.4, -0.2) is 37.4 Å². The minimum atomic E-state index is -0.194. The molecule has 190 valence electrons. The molecular weight excluding hydrogens is 434 g/mol. The van der Waals surface area contributed by atoms with Gasteiger partial charge in [-0.1, -0.05) is 20.8 Å². The lowest BCUT2D eigenvalue weighted by Gasteiger charge is -2.62. The average molecular weight is 478 g/mol. The first-order valence-electron chi connectivity index (χ1n) is 14.2. The Morgan fingerprint density at radius 1 is 1.00 bits per heavy atom. The van der Waals surface area contributed by atoms with Gasteiger partial charge in [0.15, 0.2) is 5.65 Å². The molecule has 0 amide bonds. The molecule has 2 aromatic heterocycles. The molecule has 6 rings (SSSR count). The summed E-state index contributed by atoms with van der Waals surface area (Å²) in [4.78, 5) is 13.7. The Bertz CT molecular complexity index is 1080. The molecule has 0 spiro atoms. The second-order valence-electron chi connectivity index (χ2n) is 13.2. The molecule has 2 N–H and O–H groups in total. The maximum atomic E-state index is 11.5. The van der Waals surface area contributed by atoms with E-state index in [0.717, 1.165) is 55.4 Å². The third-order valence-electron chi connectivity index (χ3n) is 11.6. The first-order chi connectivity index (χ1) is 16.8. The fourth-order valence-electron chi connectivity index (χ4n) is 9.75. The van der Waals surface area contributed by atoms with E-state index < -0.39 is 0 Å². The van der Waals surface area contributed by atoms with Crippen LogP contribution in [0.2, 0.25) is 0 Å². The van der Waals surface area contributed by atoms with E-state index in [4.69, 9.17) is 4.98 Å². The predicted molar refractivity (Wildman–Crippen MR) is 137 cm³/mol. The number of nitrogens with zero attached hydrogens (tertiary/aromatic N) is 3. The summed E-state index contributed by atoms with van der Waals surface area (Å²) >= 11 is 0. The smallest absolute Gasteiger partial charge is 0.162 e. The third kappa shape index (κ3) is 3.83. The Morgan fingerprint density at radius 3 is 2.66 bits per heavy atom. The Labute approximate surface area is 210 Å². The maximum absolute atomic E-state index is 11.5. The number of aliphatic hydroxyl groups is 2. The number of aromatic nitrogens is 3. The highest BCUT2D eigenvalue weighted by Gasteiger charge is 2.62. The molecule has 5 heteroatoms. The minimum Gasteiger partial charge on any atom is -0.393 e. The van der Waals surface area contributed by atoms with Crippen LogP contribution in [0.5, 0.6) is 0 Å². The molecule has 2 aromatic rings. The molecule has 4 aliphatic rings. The molecular formula is C30H43N3O2. The number of aryl methyl sites for hydroxylation is 1. The van der Waals surface area contributed by atoms with E-state index in [0.29, 0.717) is 46.3 Å². The van der Waals surface area contributed by atoms with Crippen molar-refractivity contribution in [1.29, 1.82) is 0 Å². The summed E-state index contributed by atoms with van der Waals surface area (Å²) in [5.74, 6) is 4.42. The van der Waals surface area contributed by atoms with Crippen LogP contribution < -0.4 is 0 Å². The topological polar surface area (TPSA) is 79.1 Å². The highest BCUT2D eigenvalue weighted by atomic mass is 16.3. The molecule has 1 unspecified atom stereocenters. The van der Waals surface area contributed by atoms with E-state index in [1.807, 2.05) is 18.3 Å². The van der Waals surface area contributed by atoms with E-state index in [9.17, 15) is 10.2 Å². The van der Waals surface area contributed by atoms with Crippen molar-refractivity contribution in [2.75, 3.05) is 0 Å². The summed E-state index contributed by atoms with van der Waals surface area (Å²) in [6.07, 6.45) is 14.3. The van der Waals surface area contributed by atoms with E-state index in [1.165, 1.54) is 25.7 Å². The molecule has 4 saturated carbocycles. The van der Waals surface area contributed by atoms with Crippen LogP contribution in [-0.2, 0) is 6.42 Å². The van der Waals surface area contributed by atoms with Gasteiger partial charge in [-0.2, -0.15) is 0 Å². The highest BCUT2D eigenvalue weighted by molar-refractivity contribution is 5.72. The Hall–Kier alpha value is -1.59. The van der Waals surface area contributed by atoms with Crippen molar-refractivity contribution < 1.29 is 10.2 Å². The van der Waals surface area contributed by atoms with Crippen LogP contribution in [0, 0.1) is 46.3 Å². The average Bonchev–Trinajstić information content (AvgIpc) is 3.21. The Balaban J connectivity index is 1.17. The summed E-state index contributed by atoms with van der Waals surface area (Å²) in [7, 11) is 0. The fraction of sp³-hybridized carbons (Fsp3) is 0.767. The standard InChI is InChI=1S/C30H43N3O2/c1-18(6-9-26-32-17-19-5-4-14-31-28(19)33-26)22-7-8-23-27-24(11-13-30(22,23)3)29(2)12-10-21(34)15-20(29)16-25(27)35/h4-5,14,17-18,20-25,27,34-35H,6-13,15-16H2,1-3H3/t18-,20+,21-,22-,23+,24?,25-,27+,29+,30-/m1/s1. The van der Waals surface area contributed by atoms with Gasteiger partial charge in [0.05, 0.1) is 12.2 Å². The molecule has 0 aromatic carbocycles. The van der Waals surface area contributed by atoms with Gasteiger partial charge in [-0.05, 0) is 116 Å². The summed E-state index contributed by atoms with van der Waals surface area (Å²) in [5.41, 5.74) is 1.42. The normalized spacial score (nSPS) is 43.9. The van der Waals surface area contributed by atoms with Crippen LogP contribution in [0.3, 0.4) is 0 Å². The van der Waals surface area contributed by atoms with Crippen LogP contribution in [0.25, 0.3) is 11.0 Å². The number of hydrogen-bond acceptors (Lipinski definition) is 5. The van der Waals surface area contributed by atoms with Crippen molar-refractivity contribution in [3.8, 4) is 0 Å². The van der Waals surface area contributed by atoms with Gasteiger partial charge in [-0.15, -0.1) is 0 Å². The van der Waals surface area contributed by atoms with Crippen LogP contribution in [0.4, 0.5) is 0 Å². The summed E-state index contributed by atoms with van der Waals surface area (Å²) in [6.45, 7) is 7.51. The van der Waals surface area contributed by atoms with Crippen molar-refractivity contribution in [1.82, 2.24) is 15.0 Å². The molecule has 4 aliphatic carbocycles. The largest absolute Gasteiger partial charge is 0.393 e. The zero-order chi connectivity index (χ0) is 24.4. The summed E-state index contributed by atoms with van der Waals surface area (Å²) in [5, 5.41) is 22.8. The van der Waals surface area contributed by atoms with Gasteiger partial charge in [-0.25, -0.2) is 15.0 Å². The number of pyridine rings is 1. The quantitative estimate of drug-likeness (QED) is 0.601. The van der Waals surface area contributed by atoms with E-state index in [2.05, 4.69) is 30.7 Å². The molecule has 10 atom stereocenters. The van der Waals surface area contributed by atoms with Crippen molar-refractivity contribution in [3.63, 3.8) is 0 Å². The zero-order valence-corrected chi connectivity index (χ0v) is 21.7. The predicted octanol–water partition coefficient (Wildman–Crippen LogP) is 5.58. The molecule has 0 saturated heterocycles. The molecule has 0 bridgehead atoms. The lowest BCUT2D eigenvalue weighted by Crippen LogP contribution is -2.58. The van der Waals surface area contributed by atoms with Crippen LogP contribution in [0.1, 0.15) is 84.4 Å². The van der Waals surface area contributed by atoms with Crippen LogP contribution >= 0.6 is 0 Å². The molecule has 0 radical (unpaired) electrons. The van der Waals surface area contributed by atoms with E-state index >= 15 is 0 Å². The highest BCUT2D eigenvalue weighted by Crippen LogP contribution is 2.68. The van der Waals surface area contributed by atoms with E-state index in [1.54, 1.807) is 6.20 Å². The third-order valence-corrected chi connectivity index (χ3v) is 11.6. The van der Waals surface area contributed by atoms with Gasteiger partial charge in [0.2, 0.25) is 0 Å². The fourth-order valence-corrected chi connectivity index (χ4v) is 9.75. The number of hydrogen-bond donors (Lipinski definition) is 2. The van der Waals surface area contributed by atoms with Crippen molar-refractivity contribution in [2.45, 2.75) is 97.2 Å².